The standard InChI is InChI=1S/C19H20O4.Na.H/c1-12(19(21)22)14-7-8-16-17(10-14)23-11-15(18(16)20)9-13-5-3-2-4-6-13;;/h2-8,10,12,15,18,20H,9,11H2,1H3,(H,21,22);;/t12?,15-,18+;;/m0../s1. The maximum absolute atomic E-state index is 11.1. The van der Waals surface area contributed by atoms with Gasteiger partial charge in [0.2, 0.25) is 0 Å². The average molecular weight is 336 g/mol. The average Bonchev–Trinajstić information content (AvgIpc) is 2.57. The zero-order chi connectivity index (χ0) is 16.4. The summed E-state index contributed by atoms with van der Waals surface area (Å²) in [4.78, 5) is 11.1. The first kappa shape index (κ1) is 19.0. The van der Waals surface area contributed by atoms with Gasteiger partial charge in [0.15, 0.2) is 0 Å². The first-order chi connectivity index (χ1) is 11.1. The summed E-state index contributed by atoms with van der Waals surface area (Å²) in [5, 5.41) is 19.7. The third-order valence-electron chi connectivity index (χ3n) is 4.47. The number of hydrogen-bond acceptors (Lipinski definition) is 3. The molecule has 5 heteroatoms. The Morgan fingerprint density at radius 2 is 1.96 bits per heavy atom. The molecule has 0 saturated carbocycles. The van der Waals surface area contributed by atoms with Gasteiger partial charge in [0.1, 0.15) is 5.75 Å². The van der Waals surface area contributed by atoms with Gasteiger partial charge in [-0.2, -0.15) is 0 Å². The minimum absolute atomic E-state index is 0. The van der Waals surface area contributed by atoms with Gasteiger partial charge in [0.05, 0.1) is 18.6 Å². The van der Waals surface area contributed by atoms with Crippen molar-refractivity contribution in [3.63, 3.8) is 0 Å². The van der Waals surface area contributed by atoms with Crippen molar-refractivity contribution in [2.24, 2.45) is 5.92 Å². The quantitative estimate of drug-likeness (QED) is 0.842. The number of carboxylic acids is 1. The third kappa shape index (κ3) is 4.01. The second kappa shape index (κ2) is 8.17. The Morgan fingerprint density at radius 1 is 1.25 bits per heavy atom. The summed E-state index contributed by atoms with van der Waals surface area (Å²) in [6.07, 6.45) is 0.141. The minimum atomic E-state index is -0.872. The number of aliphatic hydroxyl groups is 1. The van der Waals surface area contributed by atoms with Gasteiger partial charge < -0.3 is 14.9 Å². The molecule has 2 N–H and O–H groups in total. The Kier molecular flexibility index (Phi) is 6.47. The van der Waals surface area contributed by atoms with Crippen LogP contribution < -0.4 is 4.74 Å². The van der Waals surface area contributed by atoms with Crippen molar-refractivity contribution in [3.8, 4) is 5.75 Å². The number of benzene rings is 2. The predicted molar refractivity (Wildman–Crippen MR) is 93.7 cm³/mol. The molecule has 0 aliphatic carbocycles. The second-order valence-electron chi connectivity index (χ2n) is 6.06. The van der Waals surface area contributed by atoms with Crippen LogP contribution in [0.15, 0.2) is 48.5 Å². The molecule has 3 rings (SSSR count). The molecule has 0 fully saturated rings. The van der Waals surface area contributed by atoms with E-state index in [1.807, 2.05) is 30.3 Å². The fraction of sp³-hybridized carbons (Fsp3) is 0.316. The molecule has 0 aromatic heterocycles. The fourth-order valence-electron chi connectivity index (χ4n) is 2.96. The molecule has 1 aliphatic rings. The van der Waals surface area contributed by atoms with E-state index in [1.54, 1.807) is 25.1 Å². The van der Waals surface area contributed by atoms with Crippen molar-refractivity contribution in [3.05, 3.63) is 65.2 Å². The van der Waals surface area contributed by atoms with Gasteiger partial charge in [-0.3, -0.25) is 4.79 Å². The summed E-state index contributed by atoms with van der Waals surface area (Å²) in [5.41, 5.74) is 2.59. The molecule has 0 bridgehead atoms. The van der Waals surface area contributed by atoms with Gasteiger partial charge in [0.25, 0.3) is 0 Å². The molecule has 0 radical (unpaired) electrons. The molecule has 0 amide bonds. The van der Waals surface area contributed by atoms with Crippen molar-refractivity contribution in [1.29, 1.82) is 0 Å². The molecule has 2 aromatic carbocycles. The Hall–Kier alpha value is -1.33. The summed E-state index contributed by atoms with van der Waals surface area (Å²) in [5.74, 6) is -0.883. The van der Waals surface area contributed by atoms with Crippen LogP contribution in [-0.2, 0) is 11.2 Å². The molecular weight excluding hydrogens is 315 g/mol. The van der Waals surface area contributed by atoms with Crippen LogP contribution in [0.3, 0.4) is 0 Å². The van der Waals surface area contributed by atoms with Crippen LogP contribution in [0.5, 0.6) is 5.75 Å². The van der Waals surface area contributed by atoms with Crippen LogP contribution in [0, 0.1) is 5.92 Å². The molecule has 0 spiro atoms. The number of ether oxygens (including phenoxy) is 1. The van der Waals surface area contributed by atoms with Gasteiger partial charge >= 0.3 is 35.5 Å². The van der Waals surface area contributed by atoms with Gasteiger partial charge in [-0.25, -0.2) is 0 Å². The Labute approximate surface area is 163 Å². The van der Waals surface area contributed by atoms with E-state index in [0.29, 0.717) is 17.9 Å². The van der Waals surface area contributed by atoms with Crippen molar-refractivity contribution >= 4 is 35.5 Å². The topological polar surface area (TPSA) is 66.8 Å². The fourth-order valence-corrected chi connectivity index (χ4v) is 2.96. The zero-order valence-electron chi connectivity index (χ0n) is 13.0. The predicted octanol–water partition coefficient (Wildman–Crippen LogP) is 2.51. The second-order valence-corrected chi connectivity index (χ2v) is 6.06. The first-order valence-corrected chi connectivity index (χ1v) is 7.77. The zero-order valence-corrected chi connectivity index (χ0v) is 13.0. The van der Waals surface area contributed by atoms with E-state index >= 15 is 0 Å². The maximum atomic E-state index is 11.1. The Balaban J connectivity index is 0.00000208. The van der Waals surface area contributed by atoms with Crippen LogP contribution >= 0.6 is 0 Å². The van der Waals surface area contributed by atoms with Gasteiger partial charge in [0, 0.05) is 11.5 Å². The third-order valence-corrected chi connectivity index (χ3v) is 4.47. The molecule has 4 nitrogen and oxygen atoms in total. The van der Waals surface area contributed by atoms with Crippen LogP contribution in [0.1, 0.15) is 35.6 Å². The molecule has 2 aromatic rings. The molecule has 1 unspecified atom stereocenters. The molecule has 1 heterocycles. The molecule has 24 heavy (non-hydrogen) atoms. The summed E-state index contributed by atoms with van der Waals surface area (Å²) in [6.45, 7) is 2.06. The number of aliphatic carboxylic acids is 1. The summed E-state index contributed by atoms with van der Waals surface area (Å²) < 4.78 is 5.80. The number of carbonyl (C=O) groups is 1. The summed E-state index contributed by atoms with van der Waals surface area (Å²) in [6, 6.07) is 15.3. The monoisotopic (exact) mass is 336 g/mol. The Bertz CT molecular complexity index is 702. The normalized spacial score (nSPS) is 20.2. The molecular formula is C19H21NaO4. The van der Waals surface area contributed by atoms with E-state index < -0.39 is 18.0 Å². The van der Waals surface area contributed by atoms with Crippen molar-refractivity contribution in [1.82, 2.24) is 0 Å². The van der Waals surface area contributed by atoms with E-state index in [1.165, 1.54) is 5.56 Å². The van der Waals surface area contributed by atoms with Gasteiger partial charge in [-0.15, -0.1) is 0 Å². The number of hydrogen-bond donors (Lipinski definition) is 2. The van der Waals surface area contributed by atoms with Crippen molar-refractivity contribution in [2.75, 3.05) is 6.61 Å². The van der Waals surface area contributed by atoms with Crippen LogP contribution in [-0.4, -0.2) is 52.3 Å². The molecule has 1 aliphatic heterocycles. The van der Waals surface area contributed by atoms with Crippen LogP contribution in [0.25, 0.3) is 0 Å². The van der Waals surface area contributed by atoms with E-state index in [2.05, 4.69) is 0 Å². The van der Waals surface area contributed by atoms with E-state index in [9.17, 15) is 9.90 Å². The van der Waals surface area contributed by atoms with E-state index in [4.69, 9.17) is 9.84 Å². The summed E-state index contributed by atoms with van der Waals surface area (Å²) in [7, 11) is 0. The van der Waals surface area contributed by atoms with Gasteiger partial charge in [-0.1, -0.05) is 42.5 Å². The van der Waals surface area contributed by atoms with Crippen LogP contribution in [0.2, 0.25) is 0 Å². The van der Waals surface area contributed by atoms with Crippen molar-refractivity contribution in [2.45, 2.75) is 25.4 Å². The molecule has 0 saturated heterocycles. The first-order valence-electron chi connectivity index (χ1n) is 7.77. The van der Waals surface area contributed by atoms with E-state index in [0.717, 1.165) is 12.0 Å². The van der Waals surface area contributed by atoms with Crippen LogP contribution in [0.4, 0.5) is 0 Å². The molecule has 122 valence electrons. The summed E-state index contributed by atoms with van der Waals surface area (Å²) >= 11 is 0. The Morgan fingerprint density at radius 3 is 2.62 bits per heavy atom. The number of aliphatic hydroxyl groups excluding tert-OH is 1. The SMILES string of the molecule is CC(C(=O)O)c1ccc2c(c1)OC[C@H](Cc1ccccc1)[C@H]2O.[NaH]. The molecule has 3 atom stereocenters. The van der Waals surface area contributed by atoms with E-state index in [-0.39, 0.29) is 35.5 Å². The van der Waals surface area contributed by atoms with Crippen molar-refractivity contribution < 1.29 is 19.7 Å². The number of rotatable bonds is 4. The number of carboxylic acid groups (broad SMARTS) is 1. The van der Waals surface area contributed by atoms with Gasteiger partial charge in [-0.05, 0) is 30.5 Å². The number of fused-ring (bicyclic) bond motifs is 1.